The van der Waals surface area contributed by atoms with Crippen LogP contribution in [-0.4, -0.2) is 38.3 Å². The highest BCUT2D eigenvalue weighted by Crippen LogP contribution is 2.28. The lowest BCUT2D eigenvalue weighted by Gasteiger charge is -2.09. The van der Waals surface area contributed by atoms with Gasteiger partial charge in [-0.3, -0.25) is 9.59 Å². The first-order valence-corrected chi connectivity index (χ1v) is 8.49. The molecule has 0 saturated carbocycles. The van der Waals surface area contributed by atoms with Crippen molar-refractivity contribution in [3.8, 4) is 5.69 Å². The number of carbonyl (C=O) groups excluding carboxylic acids is 1. The summed E-state index contributed by atoms with van der Waals surface area (Å²) in [5.41, 5.74) is 0.466. The van der Waals surface area contributed by atoms with Gasteiger partial charge in [0, 0.05) is 19.4 Å². The van der Waals surface area contributed by atoms with E-state index < -0.39 is 11.9 Å². The number of para-hydroxylation sites is 1. The minimum absolute atomic E-state index is 0.0182. The van der Waals surface area contributed by atoms with Gasteiger partial charge in [-0.1, -0.05) is 43.1 Å². The van der Waals surface area contributed by atoms with Gasteiger partial charge < -0.3 is 10.4 Å². The van der Waals surface area contributed by atoms with Gasteiger partial charge in [0.2, 0.25) is 5.82 Å². The highest BCUT2D eigenvalue weighted by Gasteiger charge is 2.20. The second kappa shape index (κ2) is 8.31. The van der Waals surface area contributed by atoms with E-state index in [-0.39, 0.29) is 24.7 Å². The summed E-state index contributed by atoms with van der Waals surface area (Å²) in [7, 11) is 0. The Kier molecular flexibility index (Phi) is 6.39. The number of aryl methyl sites for hydroxylation is 1. The molecular weight excluding hydrogens is 367 g/mol. The number of hydrogen-bond donors (Lipinski definition) is 2. The zero-order valence-corrected chi connectivity index (χ0v) is 15.3. The molecule has 0 bridgehead atoms. The normalized spacial score (nSPS) is 12.0. The monoisotopic (exact) mass is 384 g/mol. The molecule has 0 radical (unpaired) electrons. The standard InChI is InChI=1S/C16H18Cl2N4O3/c1-3-12-20-15(16(25)19-8-9(2)7-13(23)24)21-22(12)14-10(17)5-4-6-11(14)18/h4-6,9H,3,7-8H2,1-2H3,(H,19,25)(H,23,24). The smallest absolute Gasteiger partial charge is 0.303 e. The molecule has 25 heavy (non-hydrogen) atoms. The fraction of sp³-hybridized carbons (Fsp3) is 0.375. The third-order valence-corrected chi connectivity index (χ3v) is 4.09. The summed E-state index contributed by atoms with van der Waals surface area (Å²) in [6.07, 6.45) is 0.495. The van der Waals surface area contributed by atoms with E-state index in [9.17, 15) is 9.59 Å². The number of benzene rings is 1. The number of halogens is 2. The molecule has 0 aliphatic rings. The molecule has 0 fully saturated rings. The average Bonchev–Trinajstić information content (AvgIpc) is 2.96. The van der Waals surface area contributed by atoms with Gasteiger partial charge in [0.15, 0.2) is 0 Å². The summed E-state index contributed by atoms with van der Waals surface area (Å²) in [5.74, 6) is -1.07. The predicted molar refractivity (Wildman–Crippen MR) is 94.5 cm³/mol. The van der Waals surface area contributed by atoms with E-state index in [4.69, 9.17) is 28.3 Å². The molecule has 2 N–H and O–H groups in total. The minimum atomic E-state index is -0.911. The third-order valence-electron chi connectivity index (χ3n) is 3.48. The van der Waals surface area contributed by atoms with Crippen LogP contribution in [0.4, 0.5) is 0 Å². The van der Waals surface area contributed by atoms with Crippen LogP contribution in [-0.2, 0) is 11.2 Å². The van der Waals surface area contributed by atoms with E-state index >= 15 is 0 Å². The van der Waals surface area contributed by atoms with Crippen LogP contribution in [0.5, 0.6) is 0 Å². The van der Waals surface area contributed by atoms with Crippen molar-refractivity contribution in [1.82, 2.24) is 20.1 Å². The first kappa shape index (κ1) is 19.2. The molecule has 2 rings (SSSR count). The largest absolute Gasteiger partial charge is 0.481 e. The van der Waals surface area contributed by atoms with Gasteiger partial charge in [0.25, 0.3) is 5.91 Å². The van der Waals surface area contributed by atoms with Crippen LogP contribution >= 0.6 is 23.2 Å². The van der Waals surface area contributed by atoms with E-state index in [1.165, 1.54) is 4.68 Å². The van der Waals surface area contributed by atoms with Gasteiger partial charge in [-0.05, 0) is 18.1 Å². The van der Waals surface area contributed by atoms with E-state index in [0.717, 1.165) is 0 Å². The zero-order chi connectivity index (χ0) is 18.6. The number of hydrogen-bond acceptors (Lipinski definition) is 4. The van der Waals surface area contributed by atoms with E-state index in [1.54, 1.807) is 25.1 Å². The van der Waals surface area contributed by atoms with Crippen molar-refractivity contribution in [3.63, 3.8) is 0 Å². The molecule has 1 aromatic heterocycles. The SMILES string of the molecule is CCc1nc(C(=O)NCC(C)CC(=O)O)nn1-c1c(Cl)cccc1Cl. The first-order chi connectivity index (χ1) is 11.8. The molecule has 0 saturated heterocycles. The van der Waals surface area contributed by atoms with Gasteiger partial charge >= 0.3 is 5.97 Å². The maximum Gasteiger partial charge on any atom is 0.303 e. The molecule has 134 valence electrons. The van der Waals surface area contributed by atoms with Gasteiger partial charge in [0.05, 0.1) is 10.0 Å². The number of carboxylic acid groups (broad SMARTS) is 1. The molecule has 0 aliphatic carbocycles. The molecule has 0 spiro atoms. The van der Waals surface area contributed by atoms with Crippen molar-refractivity contribution >= 4 is 35.1 Å². The quantitative estimate of drug-likeness (QED) is 0.764. The van der Waals surface area contributed by atoms with E-state index in [1.807, 2.05) is 6.92 Å². The topological polar surface area (TPSA) is 97.1 Å². The molecule has 9 heteroatoms. The van der Waals surface area contributed by atoms with Gasteiger partial charge in [-0.25, -0.2) is 9.67 Å². The summed E-state index contributed by atoms with van der Waals surface area (Å²) in [4.78, 5) is 27.2. The van der Waals surface area contributed by atoms with Crippen molar-refractivity contribution in [2.24, 2.45) is 5.92 Å². The molecule has 1 atom stereocenters. The highest BCUT2D eigenvalue weighted by atomic mass is 35.5. The Balaban J connectivity index is 2.23. The summed E-state index contributed by atoms with van der Waals surface area (Å²) in [6, 6.07) is 5.07. The van der Waals surface area contributed by atoms with Crippen LogP contribution < -0.4 is 5.32 Å². The lowest BCUT2D eigenvalue weighted by Crippen LogP contribution is -2.30. The Bertz CT molecular complexity index is 771. The van der Waals surface area contributed by atoms with Crippen molar-refractivity contribution in [2.45, 2.75) is 26.7 Å². The predicted octanol–water partition coefficient (Wildman–Crippen LogP) is 2.98. The molecule has 2 aromatic rings. The number of carboxylic acids is 1. The summed E-state index contributed by atoms with van der Waals surface area (Å²) >= 11 is 12.4. The molecular formula is C16H18Cl2N4O3. The molecule has 1 amide bonds. The lowest BCUT2D eigenvalue weighted by atomic mass is 10.1. The number of nitrogens with zero attached hydrogens (tertiary/aromatic N) is 3. The Morgan fingerprint density at radius 3 is 2.52 bits per heavy atom. The second-order valence-corrected chi connectivity index (χ2v) is 6.41. The number of aliphatic carboxylic acids is 1. The first-order valence-electron chi connectivity index (χ1n) is 7.73. The maximum absolute atomic E-state index is 12.3. The number of carbonyl (C=O) groups is 2. The van der Waals surface area contributed by atoms with E-state index in [2.05, 4.69) is 15.4 Å². The van der Waals surface area contributed by atoms with E-state index in [0.29, 0.717) is 28.0 Å². The Morgan fingerprint density at radius 2 is 1.96 bits per heavy atom. The molecule has 1 aromatic carbocycles. The van der Waals surface area contributed by atoms with Gasteiger partial charge in [-0.15, -0.1) is 5.10 Å². The van der Waals surface area contributed by atoms with Crippen molar-refractivity contribution in [2.75, 3.05) is 6.54 Å². The summed E-state index contributed by atoms with van der Waals surface area (Å²) in [6.45, 7) is 3.83. The van der Waals surface area contributed by atoms with Crippen LogP contribution in [0.25, 0.3) is 5.69 Å². The number of aromatic nitrogens is 3. The Hall–Kier alpha value is -2.12. The molecule has 1 unspecified atom stereocenters. The minimum Gasteiger partial charge on any atom is -0.481 e. The van der Waals surface area contributed by atoms with Crippen LogP contribution in [0.2, 0.25) is 10.0 Å². The van der Waals surface area contributed by atoms with Crippen molar-refractivity contribution < 1.29 is 14.7 Å². The highest BCUT2D eigenvalue weighted by molar-refractivity contribution is 6.37. The number of rotatable bonds is 7. The number of amides is 1. The zero-order valence-electron chi connectivity index (χ0n) is 13.8. The molecule has 1 heterocycles. The van der Waals surface area contributed by atoms with Crippen LogP contribution in [0.1, 0.15) is 36.7 Å². The summed E-state index contributed by atoms with van der Waals surface area (Å²) in [5, 5.41) is 16.4. The lowest BCUT2D eigenvalue weighted by molar-refractivity contribution is -0.137. The fourth-order valence-electron chi connectivity index (χ4n) is 2.26. The summed E-state index contributed by atoms with van der Waals surface area (Å²) < 4.78 is 1.46. The van der Waals surface area contributed by atoms with Crippen LogP contribution in [0.3, 0.4) is 0 Å². The Labute approximate surface area is 155 Å². The molecule has 0 aliphatic heterocycles. The molecule has 7 nitrogen and oxygen atoms in total. The van der Waals surface area contributed by atoms with Crippen molar-refractivity contribution in [3.05, 3.63) is 39.9 Å². The maximum atomic E-state index is 12.3. The average molecular weight is 385 g/mol. The van der Waals surface area contributed by atoms with Crippen LogP contribution in [0, 0.1) is 5.92 Å². The second-order valence-electron chi connectivity index (χ2n) is 5.60. The van der Waals surface area contributed by atoms with Gasteiger partial charge in [-0.2, -0.15) is 0 Å². The Morgan fingerprint density at radius 1 is 1.32 bits per heavy atom. The van der Waals surface area contributed by atoms with Crippen molar-refractivity contribution in [1.29, 1.82) is 0 Å². The number of nitrogens with one attached hydrogen (secondary N) is 1. The van der Waals surface area contributed by atoms with Gasteiger partial charge in [0.1, 0.15) is 11.5 Å². The fourth-order valence-corrected chi connectivity index (χ4v) is 2.81. The van der Waals surface area contributed by atoms with Crippen LogP contribution in [0.15, 0.2) is 18.2 Å². The third kappa shape index (κ3) is 4.70.